The number of nitrogens with zero attached hydrogens (tertiary/aromatic N) is 2. The largest absolute Gasteiger partial charge is 0.618 e. The van der Waals surface area contributed by atoms with Gasteiger partial charge < -0.3 is 5.21 Å². The summed E-state index contributed by atoms with van der Waals surface area (Å²) in [4.78, 5) is 9.87. The Hall–Kier alpha value is -1.65. The fourth-order valence-electron chi connectivity index (χ4n) is 1.67. The molecule has 1 aromatic rings. The number of nitro groups is 1. The lowest BCUT2D eigenvalue weighted by molar-refractivity contribution is -0.617. The molecule has 1 aliphatic carbocycles. The van der Waals surface area contributed by atoms with Crippen LogP contribution in [0.25, 0.3) is 0 Å². The lowest BCUT2D eigenvalue weighted by Crippen LogP contribution is -2.31. The number of aromatic nitrogens is 1. The Morgan fingerprint density at radius 1 is 1.46 bits per heavy atom. The summed E-state index contributed by atoms with van der Waals surface area (Å²) in [6.07, 6.45) is 3.46. The second-order valence-corrected chi connectivity index (χ2v) is 3.11. The SMILES string of the molecule is O=[N+]([O-])c1cc2c([n+]([O-])c1)CCC2. The molecule has 0 saturated heterocycles. The van der Waals surface area contributed by atoms with E-state index in [-0.39, 0.29) is 5.69 Å². The molecule has 0 amide bonds. The van der Waals surface area contributed by atoms with Crippen molar-refractivity contribution in [3.8, 4) is 0 Å². The van der Waals surface area contributed by atoms with Gasteiger partial charge in [0.25, 0.3) is 6.20 Å². The highest BCUT2D eigenvalue weighted by Crippen LogP contribution is 2.22. The topological polar surface area (TPSA) is 70.1 Å². The molecular weight excluding hydrogens is 172 g/mol. The summed E-state index contributed by atoms with van der Waals surface area (Å²) in [5.74, 6) is 0. The summed E-state index contributed by atoms with van der Waals surface area (Å²) in [6, 6.07) is 1.50. The zero-order valence-electron chi connectivity index (χ0n) is 6.90. The Morgan fingerprint density at radius 3 is 2.92 bits per heavy atom. The third kappa shape index (κ3) is 1.22. The Bertz CT molecular complexity index is 376. The van der Waals surface area contributed by atoms with Gasteiger partial charge in [-0.3, -0.25) is 10.1 Å². The van der Waals surface area contributed by atoms with Gasteiger partial charge in [-0.25, -0.2) is 0 Å². The molecule has 5 heteroatoms. The maximum absolute atomic E-state index is 11.2. The first-order valence-corrected chi connectivity index (χ1v) is 4.08. The lowest BCUT2D eigenvalue weighted by atomic mass is 10.2. The van der Waals surface area contributed by atoms with E-state index < -0.39 is 4.92 Å². The van der Waals surface area contributed by atoms with Crippen molar-refractivity contribution < 1.29 is 9.65 Å². The average Bonchev–Trinajstić information content (AvgIpc) is 2.51. The van der Waals surface area contributed by atoms with E-state index >= 15 is 0 Å². The van der Waals surface area contributed by atoms with Gasteiger partial charge in [-0.15, -0.1) is 0 Å². The Kier molecular flexibility index (Phi) is 1.65. The molecule has 68 valence electrons. The van der Waals surface area contributed by atoms with Gasteiger partial charge in [0.1, 0.15) is 0 Å². The Balaban J connectivity index is 2.55. The molecule has 0 atom stereocenters. The van der Waals surface area contributed by atoms with Crippen molar-refractivity contribution in [2.24, 2.45) is 0 Å². The lowest BCUT2D eigenvalue weighted by Gasteiger charge is -2.01. The number of pyridine rings is 1. The van der Waals surface area contributed by atoms with E-state index in [1.807, 2.05) is 0 Å². The van der Waals surface area contributed by atoms with E-state index in [9.17, 15) is 15.3 Å². The van der Waals surface area contributed by atoms with Gasteiger partial charge in [0.15, 0.2) is 5.69 Å². The number of fused-ring (bicyclic) bond motifs is 1. The Labute approximate surface area is 74.4 Å². The highest BCUT2D eigenvalue weighted by Gasteiger charge is 2.23. The fourth-order valence-corrected chi connectivity index (χ4v) is 1.67. The minimum Gasteiger partial charge on any atom is -0.618 e. The summed E-state index contributed by atoms with van der Waals surface area (Å²) < 4.78 is 0.625. The van der Waals surface area contributed by atoms with E-state index in [1.54, 1.807) is 0 Å². The zero-order chi connectivity index (χ0) is 9.42. The standard InChI is InChI=1S/C8H8N2O3/c11-9-5-7(10(12)13)4-6-2-1-3-8(6)9/h4-5H,1-3H2. The average molecular weight is 180 g/mol. The molecule has 0 radical (unpaired) electrons. The van der Waals surface area contributed by atoms with E-state index in [1.165, 1.54) is 6.07 Å². The van der Waals surface area contributed by atoms with Gasteiger partial charge in [0, 0.05) is 18.1 Å². The minimum atomic E-state index is -0.535. The van der Waals surface area contributed by atoms with Crippen LogP contribution in [0.3, 0.4) is 0 Å². The first-order chi connectivity index (χ1) is 6.18. The summed E-state index contributed by atoms with van der Waals surface area (Å²) in [6.45, 7) is 0. The molecule has 0 N–H and O–H groups in total. The molecule has 0 unspecified atom stereocenters. The summed E-state index contributed by atoms with van der Waals surface area (Å²) in [7, 11) is 0. The van der Waals surface area contributed by atoms with Crippen molar-refractivity contribution in [1.29, 1.82) is 0 Å². The second-order valence-electron chi connectivity index (χ2n) is 3.11. The molecule has 2 rings (SSSR count). The third-order valence-electron chi connectivity index (χ3n) is 2.28. The van der Waals surface area contributed by atoms with Crippen molar-refractivity contribution >= 4 is 5.69 Å². The molecule has 0 spiro atoms. The summed E-state index contributed by atoms with van der Waals surface area (Å²) in [5, 5.41) is 21.7. The van der Waals surface area contributed by atoms with Gasteiger partial charge in [0.05, 0.1) is 4.92 Å². The van der Waals surface area contributed by atoms with Gasteiger partial charge in [-0.05, 0) is 12.8 Å². The van der Waals surface area contributed by atoms with Crippen LogP contribution in [0.2, 0.25) is 0 Å². The molecule has 1 heterocycles. The van der Waals surface area contributed by atoms with Crippen molar-refractivity contribution in [3.05, 3.63) is 38.8 Å². The predicted octanol–water partition coefficient (Wildman–Crippen LogP) is 0.717. The monoisotopic (exact) mass is 180 g/mol. The highest BCUT2D eigenvalue weighted by atomic mass is 16.6. The summed E-state index contributed by atoms with van der Waals surface area (Å²) in [5.41, 5.74) is 1.39. The van der Waals surface area contributed by atoms with Crippen LogP contribution in [0.5, 0.6) is 0 Å². The third-order valence-corrected chi connectivity index (χ3v) is 2.28. The van der Waals surface area contributed by atoms with Gasteiger partial charge in [-0.2, -0.15) is 4.73 Å². The number of hydrogen-bond acceptors (Lipinski definition) is 3. The van der Waals surface area contributed by atoms with Crippen LogP contribution in [-0.2, 0) is 12.8 Å². The molecule has 1 aromatic heterocycles. The van der Waals surface area contributed by atoms with Crippen LogP contribution in [0.4, 0.5) is 5.69 Å². The van der Waals surface area contributed by atoms with Crippen LogP contribution in [-0.4, -0.2) is 4.92 Å². The highest BCUT2D eigenvalue weighted by molar-refractivity contribution is 5.33. The van der Waals surface area contributed by atoms with E-state index in [4.69, 9.17) is 0 Å². The molecule has 5 nitrogen and oxygen atoms in total. The first-order valence-electron chi connectivity index (χ1n) is 4.08. The van der Waals surface area contributed by atoms with Crippen LogP contribution >= 0.6 is 0 Å². The van der Waals surface area contributed by atoms with E-state index in [0.29, 0.717) is 10.4 Å². The first kappa shape index (κ1) is 7.97. The van der Waals surface area contributed by atoms with Crippen LogP contribution < -0.4 is 4.73 Å². The normalized spacial score (nSPS) is 14.2. The Morgan fingerprint density at radius 2 is 2.23 bits per heavy atom. The molecule has 0 aromatic carbocycles. The summed E-state index contributed by atoms with van der Waals surface area (Å²) >= 11 is 0. The second kappa shape index (κ2) is 2.69. The zero-order valence-corrected chi connectivity index (χ0v) is 6.90. The van der Waals surface area contributed by atoms with Gasteiger partial charge >= 0.3 is 5.69 Å². The van der Waals surface area contributed by atoms with Crippen LogP contribution in [0, 0.1) is 15.3 Å². The molecule has 0 saturated carbocycles. The molecule has 0 fully saturated rings. The number of rotatable bonds is 1. The predicted molar refractivity (Wildman–Crippen MR) is 44.1 cm³/mol. The van der Waals surface area contributed by atoms with Gasteiger partial charge in [-0.1, -0.05) is 0 Å². The maximum atomic E-state index is 11.2. The van der Waals surface area contributed by atoms with Crippen LogP contribution in [0.1, 0.15) is 17.7 Å². The quantitative estimate of drug-likeness (QED) is 0.276. The molecule has 1 aliphatic rings. The molecule has 0 bridgehead atoms. The van der Waals surface area contributed by atoms with Crippen molar-refractivity contribution in [2.75, 3.05) is 0 Å². The number of aryl methyl sites for hydroxylation is 1. The van der Waals surface area contributed by atoms with E-state index in [0.717, 1.165) is 31.0 Å². The van der Waals surface area contributed by atoms with Crippen LogP contribution in [0.15, 0.2) is 12.3 Å². The van der Waals surface area contributed by atoms with E-state index in [2.05, 4.69) is 0 Å². The number of hydrogen-bond donors (Lipinski definition) is 0. The molecule has 13 heavy (non-hydrogen) atoms. The van der Waals surface area contributed by atoms with Crippen molar-refractivity contribution in [3.63, 3.8) is 0 Å². The minimum absolute atomic E-state index is 0.115. The van der Waals surface area contributed by atoms with Crippen molar-refractivity contribution in [2.45, 2.75) is 19.3 Å². The maximum Gasteiger partial charge on any atom is 0.334 e. The smallest absolute Gasteiger partial charge is 0.334 e. The molecular formula is C8H8N2O3. The fraction of sp³-hybridized carbons (Fsp3) is 0.375. The molecule has 0 aliphatic heterocycles. The van der Waals surface area contributed by atoms with Crippen molar-refractivity contribution in [1.82, 2.24) is 0 Å². The van der Waals surface area contributed by atoms with Gasteiger partial charge in [0.2, 0.25) is 0 Å².